The number of aliphatic hydroxyl groups excluding tert-OH is 2. The van der Waals surface area contributed by atoms with Gasteiger partial charge in [-0.2, -0.15) is 0 Å². The standard InChI is InChI=1S/C21H24N2O5/c1-13-7-9-14(10-8-13)21(27)22-12-17-20(26)19(25)16(28-17)11-18(24)23-15-5-3-2-4-6-15/h2-10,16-17,19-20,25-26H,11-12H2,1H3,(H,22,27)(H,23,24)/t16-,17-,19-,20+/m0/s1. The zero-order valence-electron chi connectivity index (χ0n) is 15.5. The number of amides is 2. The third-order valence-electron chi connectivity index (χ3n) is 4.68. The van der Waals surface area contributed by atoms with Gasteiger partial charge in [0.25, 0.3) is 5.91 Å². The van der Waals surface area contributed by atoms with Crippen LogP contribution in [-0.4, -0.2) is 53.0 Å². The minimum absolute atomic E-state index is 0.0295. The Morgan fingerprint density at radius 2 is 1.61 bits per heavy atom. The number of benzene rings is 2. The molecule has 0 spiro atoms. The summed E-state index contributed by atoms with van der Waals surface area (Å²) >= 11 is 0. The van der Waals surface area contributed by atoms with Gasteiger partial charge in [0.05, 0.1) is 12.5 Å². The Labute approximate surface area is 163 Å². The lowest BCUT2D eigenvalue weighted by Crippen LogP contribution is -2.40. The van der Waals surface area contributed by atoms with Crippen LogP contribution in [0.25, 0.3) is 0 Å². The largest absolute Gasteiger partial charge is 0.388 e. The Morgan fingerprint density at radius 3 is 2.29 bits per heavy atom. The van der Waals surface area contributed by atoms with Gasteiger partial charge in [0.15, 0.2) is 0 Å². The maximum atomic E-state index is 12.2. The fourth-order valence-electron chi connectivity index (χ4n) is 3.08. The predicted molar refractivity (Wildman–Crippen MR) is 104 cm³/mol. The average molecular weight is 384 g/mol. The van der Waals surface area contributed by atoms with Crippen molar-refractivity contribution in [3.8, 4) is 0 Å². The second-order valence-corrected chi connectivity index (χ2v) is 6.89. The summed E-state index contributed by atoms with van der Waals surface area (Å²) in [5, 5.41) is 25.8. The number of para-hydroxylation sites is 1. The van der Waals surface area contributed by atoms with Crippen LogP contribution in [0.3, 0.4) is 0 Å². The van der Waals surface area contributed by atoms with Gasteiger partial charge in [-0.1, -0.05) is 35.9 Å². The number of carbonyl (C=O) groups excluding carboxylic acids is 2. The molecule has 3 rings (SSSR count). The molecule has 0 aliphatic carbocycles. The summed E-state index contributed by atoms with van der Waals surface area (Å²) in [6.45, 7) is 1.96. The average Bonchev–Trinajstić information content (AvgIpc) is 2.95. The molecular weight excluding hydrogens is 360 g/mol. The van der Waals surface area contributed by atoms with Crippen molar-refractivity contribution in [2.45, 2.75) is 37.8 Å². The fraction of sp³-hybridized carbons (Fsp3) is 0.333. The minimum atomic E-state index is -1.21. The quantitative estimate of drug-likeness (QED) is 0.599. The summed E-state index contributed by atoms with van der Waals surface area (Å²) in [6.07, 6.45) is -4.13. The SMILES string of the molecule is Cc1ccc(C(=O)NC[C@@H]2O[C@@H](CC(=O)Nc3ccccc3)[C@H](O)[C@@H]2O)cc1. The molecule has 1 saturated heterocycles. The first-order valence-corrected chi connectivity index (χ1v) is 9.15. The summed E-state index contributed by atoms with van der Waals surface area (Å²) in [5.74, 6) is -0.623. The van der Waals surface area contributed by atoms with Crippen LogP contribution in [0.15, 0.2) is 54.6 Å². The van der Waals surface area contributed by atoms with E-state index in [0.717, 1.165) is 5.56 Å². The number of hydrogen-bond acceptors (Lipinski definition) is 5. The van der Waals surface area contributed by atoms with E-state index in [0.29, 0.717) is 11.3 Å². The van der Waals surface area contributed by atoms with Gasteiger partial charge >= 0.3 is 0 Å². The number of nitrogens with one attached hydrogen (secondary N) is 2. The number of hydrogen-bond donors (Lipinski definition) is 4. The van der Waals surface area contributed by atoms with E-state index >= 15 is 0 Å². The van der Waals surface area contributed by atoms with E-state index in [9.17, 15) is 19.8 Å². The molecule has 4 atom stereocenters. The van der Waals surface area contributed by atoms with Crippen LogP contribution < -0.4 is 10.6 Å². The Balaban J connectivity index is 1.51. The lowest BCUT2D eigenvalue weighted by molar-refractivity contribution is -0.120. The van der Waals surface area contributed by atoms with Gasteiger partial charge in [-0.05, 0) is 31.2 Å². The van der Waals surface area contributed by atoms with Crippen LogP contribution in [0, 0.1) is 6.92 Å². The number of rotatable bonds is 6. The highest BCUT2D eigenvalue weighted by atomic mass is 16.5. The number of ether oxygens (including phenoxy) is 1. The third kappa shape index (κ3) is 4.95. The summed E-state index contributed by atoms with van der Waals surface area (Å²) in [6, 6.07) is 16.0. The van der Waals surface area contributed by atoms with Gasteiger partial charge in [0, 0.05) is 17.8 Å². The summed E-state index contributed by atoms with van der Waals surface area (Å²) in [4.78, 5) is 24.3. The highest BCUT2D eigenvalue weighted by Crippen LogP contribution is 2.24. The first-order chi connectivity index (χ1) is 13.4. The minimum Gasteiger partial charge on any atom is -0.388 e. The zero-order valence-corrected chi connectivity index (χ0v) is 15.5. The highest BCUT2D eigenvalue weighted by molar-refractivity contribution is 5.94. The predicted octanol–water partition coefficient (Wildman–Crippen LogP) is 1.24. The van der Waals surface area contributed by atoms with Gasteiger partial charge in [0.2, 0.25) is 5.91 Å². The molecule has 0 saturated carbocycles. The molecule has 28 heavy (non-hydrogen) atoms. The van der Waals surface area contributed by atoms with Crippen LogP contribution in [0.2, 0.25) is 0 Å². The Hall–Kier alpha value is -2.74. The molecule has 1 fully saturated rings. The molecule has 1 aliphatic heterocycles. The lowest BCUT2D eigenvalue weighted by atomic mass is 10.1. The van der Waals surface area contributed by atoms with Crippen LogP contribution in [0.5, 0.6) is 0 Å². The van der Waals surface area contributed by atoms with Crippen molar-refractivity contribution < 1.29 is 24.5 Å². The van der Waals surface area contributed by atoms with E-state index < -0.39 is 24.4 Å². The van der Waals surface area contributed by atoms with Crippen molar-refractivity contribution in [3.05, 3.63) is 65.7 Å². The van der Waals surface area contributed by atoms with E-state index in [1.165, 1.54) is 0 Å². The van der Waals surface area contributed by atoms with Crippen LogP contribution >= 0.6 is 0 Å². The Kier molecular flexibility index (Phi) is 6.41. The van der Waals surface area contributed by atoms with Gasteiger partial charge in [-0.15, -0.1) is 0 Å². The van der Waals surface area contributed by atoms with E-state index in [1.54, 1.807) is 36.4 Å². The maximum Gasteiger partial charge on any atom is 0.251 e. The highest BCUT2D eigenvalue weighted by Gasteiger charge is 2.43. The summed E-state index contributed by atoms with van der Waals surface area (Å²) < 4.78 is 5.62. The van der Waals surface area contributed by atoms with Crippen molar-refractivity contribution in [1.82, 2.24) is 5.32 Å². The number of aliphatic hydroxyl groups is 2. The molecule has 0 aromatic heterocycles. The topological polar surface area (TPSA) is 108 Å². The first-order valence-electron chi connectivity index (χ1n) is 9.15. The van der Waals surface area contributed by atoms with Crippen LogP contribution in [-0.2, 0) is 9.53 Å². The monoisotopic (exact) mass is 384 g/mol. The molecule has 148 valence electrons. The fourth-order valence-corrected chi connectivity index (χ4v) is 3.08. The van der Waals surface area contributed by atoms with Crippen LogP contribution in [0.4, 0.5) is 5.69 Å². The van der Waals surface area contributed by atoms with Crippen molar-refractivity contribution in [2.75, 3.05) is 11.9 Å². The third-order valence-corrected chi connectivity index (χ3v) is 4.68. The molecular formula is C21H24N2O5. The van der Waals surface area contributed by atoms with Crippen molar-refractivity contribution in [2.24, 2.45) is 0 Å². The molecule has 0 unspecified atom stereocenters. The van der Waals surface area contributed by atoms with Crippen molar-refractivity contribution in [1.29, 1.82) is 0 Å². The van der Waals surface area contributed by atoms with Crippen molar-refractivity contribution >= 4 is 17.5 Å². The number of aryl methyl sites for hydroxylation is 1. The lowest BCUT2D eigenvalue weighted by Gasteiger charge is -2.15. The van der Waals surface area contributed by atoms with E-state index in [-0.39, 0.29) is 24.8 Å². The first kappa shape index (κ1) is 20.0. The smallest absolute Gasteiger partial charge is 0.251 e. The second kappa shape index (κ2) is 8.97. The second-order valence-electron chi connectivity index (χ2n) is 6.89. The Bertz CT molecular complexity index is 809. The number of anilines is 1. The molecule has 0 radical (unpaired) electrons. The van der Waals surface area contributed by atoms with Gasteiger partial charge in [-0.25, -0.2) is 0 Å². The molecule has 7 nitrogen and oxygen atoms in total. The van der Waals surface area contributed by atoms with Crippen molar-refractivity contribution in [3.63, 3.8) is 0 Å². The molecule has 2 amide bonds. The molecule has 2 aromatic carbocycles. The molecule has 1 aliphatic rings. The molecule has 1 heterocycles. The summed E-state index contributed by atoms with van der Waals surface area (Å²) in [7, 11) is 0. The normalized spacial score (nSPS) is 24.0. The van der Waals surface area contributed by atoms with E-state index in [2.05, 4.69) is 10.6 Å². The van der Waals surface area contributed by atoms with E-state index in [4.69, 9.17) is 4.74 Å². The maximum absolute atomic E-state index is 12.2. The number of carbonyl (C=O) groups is 2. The molecule has 2 aromatic rings. The molecule has 0 bridgehead atoms. The Morgan fingerprint density at radius 1 is 0.964 bits per heavy atom. The zero-order chi connectivity index (χ0) is 20.1. The van der Waals surface area contributed by atoms with Gasteiger partial charge < -0.3 is 25.6 Å². The molecule has 7 heteroatoms. The van der Waals surface area contributed by atoms with E-state index in [1.807, 2.05) is 25.1 Å². The van der Waals surface area contributed by atoms with Crippen LogP contribution in [0.1, 0.15) is 22.3 Å². The summed E-state index contributed by atoms with van der Waals surface area (Å²) in [5.41, 5.74) is 2.19. The van der Waals surface area contributed by atoms with Gasteiger partial charge in [-0.3, -0.25) is 9.59 Å². The van der Waals surface area contributed by atoms with Gasteiger partial charge in [0.1, 0.15) is 18.3 Å². The molecule has 4 N–H and O–H groups in total.